The molecule has 1 saturated heterocycles. The first-order valence-electron chi connectivity index (χ1n) is 9.12. The summed E-state index contributed by atoms with van der Waals surface area (Å²) in [5.41, 5.74) is -0.0547. The minimum absolute atomic E-state index is 0.0228. The SMILES string of the molecule is CCn1nc2n(c(=O)c1=O)C[C@@H]1CCN(C(=O)Cc3ccccc3)C[C@H]21. The molecule has 1 aromatic carbocycles. The molecular weight excluding hydrogens is 332 g/mol. The van der Waals surface area contributed by atoms with Crippen molar-refractivity contribution >= 4 is 5.91 Å². The molecule has 136 valence electrons. The molecule has 2 aromatic rings. The Kier molecular flexibility index (Phi) is 4.22. The third-order valence-electron chi connectivity index (χ3n) is 5.52. The highest BCUT2D eigenvalue weighted by Gasteiger charge is 2.40. The summed E-state index contributed by atoms with van der Waals surface area (Å²) in [4.78, 5) is 39.0. The Morgan fingerprint density at radius 2 is 1.92 bits per heavy atom. The smallest absolute Gasteiger partial charge is 0.332 e. The fourth-order valence-electron chi connectivity index (χ4n) is 4.07. The third kappa shape index (κ3) is 2.77. The number of rotatable bonds is 3. The number of fused-ring (bicyclic) bond motifs is 3. The lowest BCUT2D eigenvalue weighted by Crippen LogP contribution is -2.44. The second-order valence-electron chi connectivity index (χ2n) is 7.05. The van der Waals surface area contributed by atoms with Crippen molar-refractivity contribution in [3.63, 3.8) is 0 Å². The van der Waals surface area contributed by atoms with Crippen LogP contribution in [-0.2, 0) is 24.3 Å². The zero-order valence-electron chi connectivity index (χ0n) is 14.8. The van der Waals surface area contributed by atoms with Gasteiger partial charge in [0.1, 0.15) is 5.82 Å². The van der Waals surface area contributed by atoms with E-state index in [0.717, 1.165) is 12.0 Å². The molecule has 1 amide bonds. The van der Waals surface area contributed by atoms with Gasteiger partial charge in [-0.3, -0.25) is 19.0 Å². The molecule has 0 saturated carbocycles. The fraction of sp³-hybridized carbons (Fsp3) is 0.474. The summed E-state index contributed by atoms with van der Waals surface area (Å²) >= 11 is 0. The zero-order chi connectivity index (χ0) is 18.3. The molecule has 0 N–H and O–H groups in total. The predicted octanol–water partition coefficient (Wildman–Crippen LogP) is 0.613. The number of hydrogen-bond acceptors (Lipinski definition) is 4. The molecule has 0 spiro atoms. The Labute approximate surface area is 150 Å². The van der Waals surface area contributed by atoms with Gasteiger partial charge in [0, 0.05) is 32.1 Å². The van der Waals surface area contributed by atoms with Crippen LogP contribution < -0.4 is 11.1 Å². The van der Waals surface area contributed by atoms with E-state index in [1.807, 2.05) is 35.2 Å². The molecular formula is C19H22N4O3. The molecule has 4 rings (SSSR count). The minimum Gasteiger partial charge on any atom is -0.342 e. The number of hydrogen-bond donors (Lipinski definition) is 0. The Bertz CT molecular complexity index is 947. The number of carbonyl (C=O) groups is 1. The van der Waals surface area contributed by atoms with Gasteiger partial charge in [0.15, 0.2) is 0 Å². The van der Waals surface area contributed by atoms with Gasteiger partial charge < -0.3 is 4.90 Å². The Balaban J connectivity index is 1.58. The van der Waals surface area contributed by atoms with E-state index in [1.165, 1.54) is 9.25 Å². The summed E-state index contributed by atoms with van der Waals surface area (Å²) in [6.07, 6.45) is 1.21. The van der Waals surface area contributed by atoms with Gasteiger partial charge in [0.25, 0.3) is 0 Å². The summed E-state index contributed by atoms with van der Waals surface area (Å²) in [5.74, 6) is 1.04. The van der Waals surface area contributed by atoms with Crippen LogP contribution in [0.5, 0.6) is 0 Å². The van der Waals surface area contributed by atoms with Crippen molar-refractivity contribution in [1.29, 1.82) is 0 Å². The quantitative estimate of drug-likeness (QED) is 0.757. The molecule has 3 heterocycles. The zero-order valence-corrected chi connectivity index (χ0v) is 14.8. The highest BCUT2D eigenvalue weighted by atomic mass is 16.2. The second-order valence-corrected chi connectivity index (χ2v) is 7.05. The molecule has 1 fully saturated rings. The maximum Gasteiger partial charge on any atom is 0.332 e. The molecule has 0 radical (unpaired) electrons. The van der Waals surface area contributed by atoms with Crippen molar-refractivity contribution in [3.8, 4) is 0 Å². The van der Waals surface area contributed by atoms with Gasteiger partial charge in [0.05, 0.1) is 6.42 Å². The first kappa shape index (κ1) is 16.8. The normalized spacial score (nSPS) is 21.3. The first-order valence-corrected chi connectivity index (χ1v) is 9.12. The third-order valence-corrected chi connectivity index (χ3v) is 5.52. The van der Waals surface area contributed by atoms with E-state index >= 15 is 0 Å². The lowest BCUT2D eigenvalue weighted by Gasteiger charge is -2.34. The molecule has 0 bridgehead atoms. The minimum atomic E-state index is -0.563. The van der Waals surface area contributed by atoms with Crippen LogP contribution in [-0.4, -0.2) is 38.2 Å². The topological polar surface area (TPSA) is 77.2 Å². The summed E-state index contributed by atoms with van der Waals surface area (Å²) in [5, 5.41) is 4.42. The highest BCUT2D eigenvalue weighted by molar-refractivity contribution is 5.79. The molecule has 2 atom stereocenters. The van der Waals surface area contributed by atoms with Crippen LogP contribution in [0.25, 0.3) is 0 Å². The largest absolute Gasteiger partial charge is 0.342 e. The lowest BCUT2D eigenvalue weighted by molar-refractivity contribution is -0.132. The van der Waals surface area contributed by atoms with Crippen molar-refractivity contribution < 1.29 is 4.79 Å². The van der Waals surface area contributed by atoms with E-state index in [4.69, 9.17) is 0 Å². The van der Waals surface area contributed by atoms with E-state index in [9.17, 15) is 14.4 Å². The van der Waals surface area contributed by atoms with E-state index in [2.05, 4.69) is 5.10 Å². The van der Waals surface area contributed by atoms with Gasteiger partial charge in [-0.2, -0.15) is 5.10 Å². The number of nitrogens with zero attached hydrogens (tertiary/aromatic N) is 4. The van der Waals surface area contributed by atoms with Crippen molar-refractivity contribution in [2.45, 2.75) is 38.8 Å². The average Bonchev–Trinajstić information content (AvgIpc) is 3.03. The number of aryl methyl sites for hydroxylation is 1. The molecule has 0 aliphatic carbocycles. The summed E-state index contributed by atoms with van der Waals surface area (Å²) in [7, 11) is 0. The summed E-state index contributed by atoms with van der Waals surface area (Å²) in [6.45, 7) is 3.95. The van der Waals surface area contributed by atoms with E-state index in [-0.39, 0.29) is 17.7 Å². The molecule has 2 aliphatic rings. The van der Waals surface area contributed by atoms with Crippen LogP contribution in [0.4, 0.5) is 0 Å². The molecule has 7 nitrogen and oxygen atoms in total. The molecule has 7 heteroatoms. The maximum atomic E-state index is 12.7. The van der Waals surface area contributed by atoms with Gasteiger partial charge in [-0.25, -0.2) is 4.68 Å². The van der Waals surface area contributed by atoms with Crippen LogP contribution in [0.3, 0.4) is 0 Å². The van der Waals surface area contributed by atoms with E-state index in [1.54, 1.807) is 6.92 Å². The predicted molar refractivity (Wildman–Crippen MR) is 96.0 cm³/mol. The van der Waals surface area contributed by atoms with E-state index < -0.39 is 11.1 Å². The van der Waals surface area contributed by atoms with Gasteiger partial charge >= 0.3 is 11.1 Å². The van der Waals surface area contributed by atoms with Crippen molar-refractivity contribution in [2.24, 2.45) is 5.92 Å². The summed E-state index contributed by atoms with van der Waals surface area (Å²) in [6, 6.07) is 9.71. The second kappa shape index (κ2) is 6.55. The number of carbonyl (C=O) groups excluding carboxylic acids is 1. The van der Waals surface area contributed by atoms with Crippen molar-refractivity contribution in [2.75, 3.05) is 13.1 Å². The fourth-order valence-corrected chi connectivity index (χ4v) is 4.07. The number of amides is 1. The standard InChI is InChI=1S/C19H22N4O3/c1-2-23-19(26)18(25)22-11-14-8-9-21(12-15(14)17(22)20-23)16(24)10-13-6-4-3-5-7-13/h3-7,14-15H,2,8-12H2,1H3/t14-,15-/m0/s1. The Hall–Kier alpha value is -2.70. The number of aromatic nitrogens is 3. The van der Waals surface area contributed by atoms with Crippen LogP contribution >= 0.6 is 0 Å². The molecule has 26 heavy (non-hydrogen) atoms. The van der Waals surface area contributed by atoms with Gasteiger partial charge in [-0.1, -0.05) is 30.3 Å². The number of benzene rings is 1. The van der Waals surface area contributed by atoms with Gasteiger partial charge in [-0.15, -0.1) is 0 Å². The lowest BCUT2D eigenvalue weighted by atomic mass is 9.87. The summed E-state index contributed by atoms with van der Waals surface area (Å²) < 4.78 is 2.76. The van der Waals surface area contributed by atoms with Crippen LogP contribution in [0.15, 0.2) is 39.9 Å². The van der Waals surface area contributed by atoms with Crippen molar-refractivity contribution in [1.82, 2.24) is 19.2 Å². The molecule has 1 aromatic heterocycles. The molecule has 2 aliphatic heterocycles. The van der Waals surface area contributed by atoms with Crippen molar-refractivity contribution in [3.05, 3.63) is 62.4 Å². The van der Waals surface area contributed by atoms with E-state index in [0.29, 0.717) is 38.4 Å². The monoisotopic (exact) mass is 354 g/mol. The van der Waals surface area contributed by atoms with Gasteiger partial charge in [-0.05, 0) is 24.8 Å². The maximum absolute atomic E-state index is 12.7. The Morgan fingerprint density at radius 1 is 1.15 bits per heavy atom. The first-order chi connectivity index (χ1) is 12.6. The Morgan fingerprint density at radius 3 is 2.65 bits per heavy atom. The average molecular weight is 354 g/mol. The van der Waals surface area contributed by atoms with Crippen LogP contribution in [0.2, 0.25) is 0 Å². The number of piperidine rings is 1. The molecule has 0 unspecified atom stereocenters. The van der Waals surface area contributed by atoms with Gasteiger partial charge in [0.2, 0.25) is 5.91 Å². The van der Waals surface area contributed by atoms with Crippen LogP contribution in [0.1, 0.15) is 30.7 Å². The number of likely N-dealkylation sites (tertiary alicyclic amines) is 1. The van der Waals surface area contributed by atoms with Crippen LogP contribution in [0, 0.1) is 5.92 Å². The highest BCUT2D eigenvalue weighted by Crippen LogP contribution is 2.37.